The van der Waals surface area contributed by atoms with Gasteiger partial charge in [-0.25, -0.2) is 0 Å². The van der Waals surface area contributed by atoms with Crippen LogP contribution in [-0.2, 0) is 0 Å². The SMILES string of the molecule is CC(C)(N)CC(O)CN(CCO)CC(O)CC(C)(C)N. The number of hydrogen-bond acceptors (Lipinski definition) is 6. The predicted octanol–water partition coefficient (Wildman–Crippen LogP) is -0.743. The summed E-state index contributed by atoms with van der Waals surface area (Å²) < 4.78 is 0. The van der Waals surface area contributed by atoms with Crippen molar-refractivity contribution in [2.75, 3.05) is 26.2 Å². The van der Waals surface area contributed by atoms with Gasteiger partial charge in [0.15, 0.2) is 0 Å². The van der Waals surface area contributed by atoms with E-state index in [2.05, 4.69) is 0 Å². The van der Waals surface area contributed by atoms with Crippen LogP contribution >= 0.6 is 0 Å². The molecule has 0 amide bonds. The highest BCUT2D eigenvalue weighted by Gasteiger charge is 2.23. The van der Waals surface area contributed by atoms with Crippen LogP contribution < -0.4 is 11.5 Å². The fraction of sp³-hybridized carbons (Fsp3) is 1.00. The van der Waals surface area contributed by atoms with Crippen molar-refractivity contribution in [3.05, 3.63) is 0 Å². The second-order valence-electron chi connectivity index (χ2n) is 7.18. The average molecular weight is 291 g/mol. The maximum Gasteiger partial charge on any atom is 0.0684 e. The molecule has 0 aliphatic rings. The maximum atomic E-state index is 10.0. The first-order valence-electron chi connectivity index (χ1n) is 7.20. The molecule has 0 aromatic rings. The Bertz CT molecular complexity index is 237. The Morgan fingerprint density at radius 2 is 1.25 bits per heavy atom. The van der Waals surface area contributed by atoms with Crippen LogP contribution in [0.3, 0.4) is 0 Å². The molecular formula is C14H33N3O3. The van der Waals surface area contributed by atoms with Crippen LogP contribution in [0, 0.1) is 0 Å². The van der Waals surface area contributed by atoms with Crippen molar-refractivity contribution in [1.82, 2.24) is 4.90 Å². The Hall–Kier alpha value is -0.240. The Labute approximate surface area is 122 Å². The van der Waals surface area contributed by atoms with Crippen molar-refractivity contribution in [2.45, 2.75) is 63.8 Å². The topological polar surface area (TPSA) is 116 Å². The van der Waals surface area contributed by atoms with Gasteiger partial charge in [-0.3, -0.25) is 4.90 Å². The molecular weight excluding hydrogens is 258 g/mol. The summed E-state index contributed by atoms with van der Waals surface area (Å²) in [5.41, 5.74) is 10.9. The Kier molecular flexibility index (Phi) is 8.16. The molecule has 2 atom stereocenters. The lowest BCUT2D eigenvalue weighted by Gasteiger charge is -2.31. The zero-order chi connectivity index (χ0) is 16.0. The molecule has 0 aliphatic heterocycles. The molecule has 7 N–H and O–H groups in total. The van der Waals surface area contributed by atoms with E-state index in [1.165, 1.54) is 0 Å². The molecule has 0 heterocycles. The van der Waals surface area contributed by atoms with Crippen molar-refractivity contribution in [2.24, 2.45) is 11.5 Å². The van der Waals surface area contributed by atoms with Crippen LogP contribution in [0.25, 0.3) is 0 Å². The lowest BCUT2D eigenvalue weighted by atomic mass is 9.96. The van der Waals surface area contributed by atoms with Gasteiger partial charge >= 0.3 is 0 Å². The predicted molar refractivity (Wildman–Crippen MR) is 81.3 cm³/mol. The highest BCUT2D eigenvalue weighted by atomic mass is 16.3. The Morgan fingerprint density at radius 1 is 0.900 bits per heavy atom. The summed E-state index contributed by atoms with van der Waals surface area (Å²) in [7, 11) is 0. The second-order valence-corrected chi connectivity index (χ2v) is 7.18. The number of nitrogens with zero attached hydrogens (tertiary/aromatic N) is 1. The van der Waals surface area contributed by atoms with Crippen LogP contribution in [-0.4, -0.2) is 69.7 Å². The van der Waals surface area contributed by atoms with Crippen molar-refractivity contribution in [3.8, 4) is 0 Å². The molecule has 0 radical (unpaired) electrons. The third kappa shape index (κ3) is 11.6. The van der Waals surface area contributed by atoms with Crippen molar-refractivity contribution < 1.29 is 15.3 Å². The largest absolute Gasteiger partial charge is 0.395 e. The van der Waals surface area contributed by atoms with Gasteiger partial charge in [0.05, 0.1) is 18.8 Å². The van der Waals surface area contributed by atoms with Crippen molar-refractivity contribution in [1.29, 1.82) is 0 Å². The number of rotatable bonds is 10. The average Bonchev–Trinajstić information content (AvgIpc) is 2.10. The van der Waals surface area contributed by atoms with Gasteiger partial charge in [-0.1, -0.05) is 0 Å². The zero-order valence-electron chi connectivity index (χ0n) is 13.3. The number of aliphatic hydroxyl groups excluding tert-OH is 3. The summed E-state index contributed by atoms with van der Waals surface area (Å²) in [6.45, 7) is 8.58. The fourth-order valence-electron chi connectivity index (χ4n) is 2.34. The molecule has 0 aromatic carbocycles. The minimum atomic E-state index is -0.584. The maximum absolute atomic E-state index is 10.0. The van der Waals surface area contributed by atoms with E-state index < -0.39 is 23.3 Å². The van der Waals surface area contributed by atoms with E-state index in [1.54, 1.807) is 0 Å². The van der Waals surface area contributed by atoms with Gasteiger partial charge < -0.3 is 26.8 Å². The van der Waals surface area contributed by atoms with Crippen molar-refractivity contribution >= 4 is 0 Å². The second kappa shape index (κ2) is 8.26. The monoisotopic (exact) mass is 291 g/mol. The summed E-state index contributed by atoms with van der Waals surface area (Å²) >= 11 is 0. The van der Waals surface area contributed by atoms with Crippen molar-refractivity contribution in [3.63, 3.8) is 0 Å². The highest BCUT2D eigenvalue weighted by Crippen LogP contribution is 2.12. The van der Waals surface area contributed by atoms with Gasteiger partial charge in [0.2, 0.25) is 0 Å². The third-order valence-corrected chi connectivity index (χ3v) is 2.88. The number of aliphatic hydroxyl groups is 3. The molecule has 0 fully saturated rings. The molecule has 0 aliphatic carbocycles. The first-order chi connectivity index (χ1) is 8.93. The molecule has 6 nitrogen and oxygen atoms in total. The molecule has 0 saturated carbocycles. The summed E-state index contributed by atoms with van der Waals surface area (Å²) in [6, 6.07) is 0. The van der Waals surface area contributed by atoms with Crippen LogP contribution in [0.4, 0.5) is 0 Å². The smallest absolute Gasteiger partial charge is 0.0684 e. The van der Waals surface area contributed by atoms with E-state index in [-0.39, 0.29) is 6.61 Å². The van der Waals surface area contributed by atoms with Gasteiger partial charge in [0.1, 0.15) is 0 Å². The minimum Gasteiger partial charge on any atom is -0.395 e. The standard InChI is InChI=1S/C14H33N3O3/c1-13(2,15)7-11(19)9-17(5-6-18)10-12(20)8-14(3,4)16/h11-12,18-20H,5-10,15-16H2,1-4H3. The van der Waals surface area contributed by atoms with Gasteiger partial charge in [-0.05, 0) is 40.5 Å². The van der Waals surface area contributed by atoms with Gasteiger partial charge in [0, 0.05) is 30.7 Å². The summed E-state index contributed by atoms with van der Waals surface area (Å²) in [6.07, 6.45) is -0.236. The van der Waals surface area contributed by atoms with E-state index in [4.69, 9.17) is 16.6 Å². The lowest BCUT2D eigenvalue weighted by molar-refractivity contribution is 0.0417. The molecule has 0 rings (SSSR count). The quantitative estimate of drug-likeness (QED) is 0.362. The van der Waals surface area contributed by atoms with Gasteiger partial charge in [0.25, 0.3) is 0 Å². The number of hydrogen-bond donors (Lipinski definition) is 5. The Balaban J connectivity index is 4.35. The van der Waals surface area contributed by atoms with Crippen LogP contribution in [0.5, 0.6) is 0 Å². The summed E-state index contributed by atoms with van der Waals surface area (Å²) in [5.74, 6) is 0. The third-order valence-electron chi connectivity index (χ3n) is 2.88. The Morgan fingerprint density at radius 3 is 1.50 bits per heavy atom. The van der Waals surface area contributed by atoms with Gasteiger partial charge in [-0.2, -0.15) is 0 Å². The van der Waals surface area contributed by atoms with E-state index in [1.807, 2.05) is 32.6 Å². The first kappa shape index (κ1) is 19.8. The van der Waals surface area contributed by atoms with E-state index in [9.17, 15) is 10.2 Å². The van der Waals surface area contributed by atoms with Crippen LogP contribution in [0.15, 0.2) is 0 Å². The first-order valence-corrected chi connectivity index (χ1v) is 7.20. The van der Waals surface area contributed by atoms with Crippen LogP contribution in [0.1, 0.15) is 40.5 Å². The molecule has 6 heteroatoms. The van der Waals surface area contributed by atoms with Gasteiger partial charge in [-0.15, -0.1) is 0 Å². The molecule has 0 spiro atoms. The molecule has 2 unspecified atom stereocenters. The molecule has 0 aromatic heterocycles. The molecule has 0 bridgehead atoms. The lowest BCUT2D eigenvalue weighted by Crippen LogP contribution is -2.46. The zero-order valence-corrected chi connectivity index (χ0v) is 13.3. The highest BCUT2D eigenvalue weighted by molar-refractivity contribution is 4.81. The fourth-order valence-corrected chi connectivity index (χ4v) is 2.34. The van der Waals surface area contributed by atoms with E-state index >= 15 is 0 Å². The van der Waals surface area contributed by atoms with E-state index in [0.29, 0.717) is 32.5 Å². The van der Waals surface area contributed by atoms with E-state index in [0.717, 1.165) is 0 Å². The minimum absolute atomic E-state index is 0.0164. The molecule has 20 heavy (non-hydrogen) atoms. The normalized spacial score (nSPS) is 16.5. The summed E-state index contributed by atoms with van der Waals surface area (Å²) in [4.78, 5) is 1.84. The molecule has 122 valence electrons. The van der Waals surface area contributed by atoms with Crippen LogP contribution in [0.2, 0.25) is 0 Å². The molecule has 0 saturated heterocycles. The summed E-state index contributed by atoms with van der Waals surface area (Å²) in [5, 5.41) is 29.1. The number of nitrogens with two attached hydrogens (primary N) is 2.